The van der Waals surface area contributed by atoms with E-state index in [1.165, 1.54) is 30.6 Å². The normalized spacial score (nSPS) is 11.0. The van der Waals surface area contributed by atoms with Gasteiger partial charge in [0.05, 0.1) is 16.9 Å². The maximum atomic E-state index is 13.4. The van der Waals surface area contributed by atoms with Gasteiger partial charge >= 0.3 is 0 Å². The zero-order valence-corrected chi connectivity index (χ0v) is 19.2. The summed E-state index contributed by atoms with van der Waals surface area (Å²) in [4.78, 5) is 36.7. The SMILES string of the molecule is O=C(C=CC(=O)Nc1ccc2ncnc(Nc3ccc(F)c(Cl)c3)c2c1)NCCCn1ccnc1. The Morgan fingerprint density at radius 3 is 2.69 bits per heavy atom. The molecule has 178 valence electrons. The van der Waals surface area contributed by atoms with E-state index in [2.05, 4.69) is 30.9 Å². The third-order valence-electron chi connectivity index (χ3n) is 4.92. The molecule has 2 aromatic carbocycles. The first kappa shape index (κ1) is 23.8. The van der Waals surface area contributed by atoms with Crippen molar-refractivity contribution in [2.75, 3.05) is 17.2 Å². The maximum Gasteiger partial charge on any atom is 0.248 e. The molecule has 0 fully saturated rings. The van der Waals surface area contributed by atoms with Crippen LogP contribution in [0.25, 0.3) is 10.9 Å². The van der Waals surface area contributed by atoms with Crippen LogP contribution in [0.15, 0.2) is 73.6 Å². The Labute approximate surface area is 205 Å². The van der Waals surface area contributed by atoms with E-state index in [9.17, 15) is 14.0 Å². The fourth-order valence-electron chi connectivity index (χ4n) is 3.23. The van der Waals surface area contributed by atoms with Crippen LogP contribution >= 0.6 is 11.6 Å². The van der Waals surface area contributed by atoms with Crippen LogP contribution in [0, 0.1) is 5.82 Å². The van der Waals surface area contributed by atoms with E-state index in [1.54, 1.807) is 30.7 Å². The number of halogens is 2. The number of fused-ring (bicyclic) bond motifs is 1. The minimum Gasteiger partial charge on any atom is -0.352 e. The number of carbonyl (C=O) groups is 2. The highest BCUT2D eigenvalue weighted by Gasteiger charge is 2.08. The van der Waals surface area contributed by atoms with Gasteiger partial charge in [0.2, 0.25) is 11.8 Å². The monoisotopic (exact) mass is 493 g/mol. The van der Waals surface area contributed by atoms with E-state index in [0.29, 0.717) is 34.6 Å². The van der Waals surface area contributed by atoms with Gasteiger partial charge in [-0.05, 0) is 42.8 Å². The topological polar surface area (TPSA) is 114 Å². The summed E-state index contributed by atoms with van der Waals surface area (Å²) in [6.45, 7) is 1.21. The number of rotatable bonds is 9. The molecule has 0 saturated heterocycles. The van der Waals surface area contributed by atoms with Crippen molar-refractivity contribution in [3.63, 3.8) is 0 Å². The predicted molar refractivity (Wildman–Crippen MR) is 132 cm³/mol. The molecule has 0 aliphatic carbocycles. The predicted octanol–water partition coefficient (Wildman–Crippen LogP) is 4.06. The number of nitrogens with one attached hydrogen (secondary N) is 3. The van der Waals surface area contributed by atoms with Crippen molar-refractivity contribution in [2.24, 2.45) is 0 Å². The third-order valence-corrected chi connectivity index (χ3v) is 5.21. The summed E-state index contributed by atoms with van der Waals surface area (Å²) in [5.74, 6) is -0.887. The van der Waals surface area contributed by atoms with Crippen LogP contribution in [0.3, 0.4) is 0 Å². The van der Waals surface area contributed by atoms with Crippen LogP contribution in [0.1, 0.15) is 6.42 Å². The van der Waals surface area contributed by atoms with Crippen LogP contribution in [-0.4, -0.2) is 37.9 Å². The van der Waals surface area contributed by atoms with Gasteiger partial charge in [0, 0.05) is 54.4 Å². The summed E-state index contributed by atoms with van der Waals surface area (Å²) >= 11 is 5.86. The number of aromatic nitrogens is 4. The second-order valence-electron chi connectivity index (χ2n) is 7.48. The quantitative estimate of drug-likeness (QED) is 0.239. The standard InChI is InChI=1S/C24H21ClFN7O2/c25-19-13-17(2-4-20(19)26)32-24-18-12-16(3-5-21(18)29-14-30-24)31-23(35)7-6-22(34)28-8-1-10-33-11-9-27-15-33/h2-7,9,11-15H,1,8,10H2,(H,28,34)(H,31,35)(H,29,30,32). The minimum absolute atomic E-state index is 0.0182. The third kappa shape index (κ3) is 6.61. The van der Waals surface area contributed by atoms with Crippen molar-refractivity contribution in [1.29, 1.82) is 0 Å². The first-order chi connectivity index (χ1) is 17.0. The van der Waals surface area contributed by atoms with E-state index in [-0.39, 0.29) is 10.9 Å². The highest BCUT2D eigenvalue weighted by atomic mass is 35.5. The molecule has 9 nitrogen and oxygen atoms in total. The van der Waals surface area contributed by atoms with Gasteiger partial charge in [-0.1, -0.05) is 11.6 Å². The highest BCUT2D eigenvalue weighted by Crippen LogP contribution is 2.27. The molecule has 0 bridgehead atoms. The summed E-state index contributed by atoms with van der Waals surface area (Å²) in [6, 6.07) is 9.35. The number of anilines is 3. The van der Waals surface area contributed by atoms with E-state index in [0.717, 1.165) is 19.0 Å². The lowest BCUT2D eigenvalue weighted by molar-refractivity contribution is -0.117. The van der Waals surface area contributed by atoms with Crippen LogP contribution in [-0.2, 0) is 16.1 Å². The first-order valence-electron chi connectivity index (χ1n) is 10.7. The number of hydrogen-bond donors (Lipinski definition) is 3. The Morgan fingerprint density at radius 1 is 1.06 bits per heavy atom. The summed E-state index contributed by atoms with van der Waals surface area (Å²) in [5, 5.41) is 9.14. The lowest BCUT2D eigenvalue weighted by atomic mass is 10.2. The Morgan fingerprint density at radius 2 is 1.89 bits per heavy atom. The van der Waals surface area contributed by atoms with Gasteiger partial charge in [0.15, 0.2) is 0 Å². The average Bonchev–Trinajstić information content (AvgIpc) is 3.37. The number of hydrogen-bond acceptors (Lipinski definition) is 6. The fraction of sp³-hybridized carbons (Fsp3) is 0.125. The number of amides is 2. The van der Waals surface area contributed by atoms with Crippen molar-refractivity contribution >= 4 is 51.5 Å². The second-order valence-corrected chi connectivity index (χ2v) is 7.88. The van der Waals surface area contributed by atoms with Crippen molar-refractivity contribution in [1.82, 2.24) is 24.8 Å². The van der Waals surface area contributed by atoms with Gasteiger partial charge in [-0.25, -0.2) is 19.3 Å². The molecule has 4 rings (SSSR count). The Bertz CT molecular complexity index is 1380. The molecule has 0 spiro atoms. The molecule has 0 aliphatic heterocycles. The number of imidazole rings is 1. The first-order valence-corrected chi connectivity index (χ1v) is 11.1. The summed E-state index contributed by atoms with van der Waals surface area (Å²) in [7, 11) is 0. The van der Waals surface area contributed by atoms with Gasteiger partial charge in [0.25, 0.3) is 0 Å². The molecular formula is C24H21ClFN7O2. The molecule has 0 radical (unpaired) electrons. The van der Waals surface area contributed by atoms with Crippen LogP contribution in [0.5, 0.6) is 0 Å². The molecule has 4 aromatic rings. The summed E-state index contributed by atoms with van der Waals surface area (Å²) < 4.78 is 15.4. The van der Waals surface area contributed by atoms with Crippen LogP contribution < -0.4 is 16.0 Å². The number of aryl methyl sites for hydroxylation is 1. The molecule has 0 atom stereocenters. The molecule has 0 aliphatic rings. The van der Waals surface area contributed by atoms with E-state index in [1.807, 2.05) is 10.8 Å². The molecule has 0 unspecified atom stereocenters. The lowest BCUT2D eigenvalue weighted by Crippen LogP contribution is -2.23. The molecular weight excluding hydrogens is 473 g/mol. The maximum absolute atomic E-state index is 13.4. The van der Waals surface area contributed by atoms with Gasteiger partial charge in [-0.2, -0.15) is 0 Å². The molecule has 2 amide bonds. The van der Waals surface area contributed by atoms with E-state index in [4.69, 9.17) is 11.6 Å². The van der Waals surface area contributed by atoms with Gasteiger partial charge < -0.3 is 20.5 Å². The molecule has 2 heterocycles. The zero-order valence-electron chi connectivity index (χ0n) is 18.4. The number of nitrogens with zero attached hydrogens (tertiary/aromatic N) is 4. The van der Waals surface area contributed by atoms with Crippen molar-refractivity contribution < 1.29 is 14.0 Å². The Kier molecular flexibility index (Phi) is 7.63. The molecule has 0 saturated carbocycles. The molecule has 11 heteroatoms. The molecule has 3 N–H and O–H groups in total. The second kappa shape index (κ2) is 11.2. The van der Waals surface area contributed by atoms with Gasteiger partial charge in [0.1, 0.15) is 18.0 Å². The lowest BCUT2D eigenvalue weighted by Gasteiger charge is -2.10. The summed E-state index contributed by atoms with van der Waals surface area (Å²) in [6.07, 6.45) is 9.73. The van der Waals surface area contributed by atoms with Gasteiger partial charge in [-0.15, -0.1) is 0 Å². The average molecular weight is 494 g/mol. The zero-order chi connectivity index (χ0) is 24.6. The van der Waals surface area contributed by atoms with Crippen molar-refractivity contribution in [3.05, 3.63) is 84.4 Å². The molecule has 2 aromatic heterocycles. The highest BCUT2D eigenvalue weighted by molar-refractivity contribution is 6.31. The largest absolute Gasteiger partial charge is 0.352 e. The fourth-order valence-corrected chi connectivity index (χ4v) is 3.41. The minimum atomic E-state index is -0.522. The van der Waals surface area contributed by atoms with E-state index >= 15 is 0 Å². The smallest absolute Gasteiger partial charge is 0.248 e. The van der Waals surface area contributed by atoms with Crippen LogP contribution in [0.2, 0.25) is 5.02 Å². The number of carbonyl (C=O) groups excluding carboxylic acids is 2. The van der Waals surface area contributed by atoms with Crippen molar-refractivity contribution in [3.8, 4) is 0 Å². The Hall–Kier alpha value is -4.31. The molecule has 35 heavy (non-hydrogen) atoms. The number of benzene rings is 2. The van der Waals surface area contributed by atoms with Crippen LogP contribution in [0.4, 0.5) is 21.6 Å². The Balaban J connectivity index is 1.35. The van der Waals surface area contributed by atoms with E-state index < -0.39 is 11.7 Å². The van der Waals surface area contributed by atoms with Crippen molar-refractivity contribution in [2.45, 2.75) is 13.0 Å². The summed E-state index contributed by atoms with van der Waals surface area (Å²) in [5.41, 5.74) is 1.67. The van der Waals surface area contributed by atoms with Gasteiger partial charge in [-0.3, -0.25) is 9.59 Å².